The largest absolute Gasteiger partial charge is 0.623 e. The van der Waals surface area contributed by atoms with Crippen molar-refractivity contribution in [3.63, 3.8) is 0 Å². The fourth-order valence-electron chi connectivity index (χ4n) is 2.37. The molecule has 0 aromatic heterocycles. The molecule has 9 nitrogen and oxygen atoms in total. The van der Waals surface area contributed by atoms with Gasteiger partial charge in [-0.05, 0) is 48.5 Å². The van der Waals surface area contributed by atoms with Crippen LogP contribution in [0.1, 0.15) is 66.5 Å². The maximum absolute atomic E-state index is 11.7. The molecule has 2 rings (SSSR count). The molecule has 0 radical (unpaired) electrons. The summed E-state index contributed by atoms with van der Waals surface area (Å²) in [6, 6.07) is 14.2. The summed E-state index contributed by atoms with van der Waals surface area (Å²) in [6.07, 6.45) is 3.08. The van der Waals surface area contributed by atoms with E-state index in [1.807, 2.05) is 41.5 Å². The molecular weight excluding hydrogens is 448 g/mol. The number of hydroxylamine groups is 2. The molecule has 192 valence electrons. The second kappa shape index (κ2) is 13.2. The van der Waals surface area contributed by atoms with Crippen LogP contribution >= 0.6 is 0 Å². The lowest BCUT2D eigenvalue weighted by Crippen LogP contribution is -2.29. The van der Waals surface area contributed by atoms with Crippen molar-refractivity contribution in [3.8, 4) is 0 Å². The van der Waals surface area contributed by atoms with E-state index in [4.69, 9.17) is 0 Å². The second-order valence-electron chi connectivity index (χ2n) is 9.86. The first-order chi connectivity index (χ1) is 15.6. The summed E-state index contributed by atoms with van der Waals surface area (Å²) in [6.45, 7) is 14.0. The van der Waals surface area contributed by atoms with Gasteiger partial charge < -0.3 is 26.5 Å². The number of hydrogen-bond donors (Lipinski definition) is 2. The number of anilines is 2. The summed E-state index contributed by atoms with van der Waals surface area (Å²) in [4.78, 5) is 21.7. The molecule has 35 heavy (non-hydrogen) atoms. The van der Waals surface area contributed by atoms with Crippen LogP contribution in [-0.2, 0) is 9.59 Å². The summed E-state index contributed by atoms with van der Waals surface area (Å²) in [5, 5.41) is 28.7. The SMILES string of the molecule is CC(=O)Nc1ccc(C=[N+]([O-])C(C)(C)C)cc1.CC(=O)Nc1ccc(C=[N+]([O-])C(C)(C)C)cc1.O. The van der Waals surface area contributed by atoms with Crippen LogP contribution in [0.5, 0.6) is 0 Å². The molecule has 0 heterocycles. The van der Waals surface area contributed by atoms with Gasteiger partial charge in [0, 0.05) is 77.9 Å². The molecule has 0 saturated heterocycles. The molecule has 2 aromatic carbocycles. The third-order valence-electron chi connectivity index (χ3n) is 4.32. The zero-order valence-corrected chi connectivity index (χ0v) is 21.8. The molecular formula is C26H38N4O5. The van der Waals surface area contributed by atoms with E-state index in [-0.39, 0.29) is 17.3 Å². The van der Waals surface area contributed by atoms with E-state index in [0.717, 1.165) is 32.0 Å². The van der Waals surface area contributed by atoms with Gasteiger partial charge in [0.15, 0.2) is 23.5 Å². The number of amides is 2. The molecule has 0 aliphatic rings. The Bertz CT molecular complexity index is 944. The Hall–Kier alpha value is -3.72. The highest BCUT2D eigenvalue weighted by Gasteiger charge is 2.18. The van der Waals surface area contributed by atoms with Gasteiger partial charge in [-0.1, -0.05) is 0 Å². The Balaban J connectivity index is 0.000000642. The highest BCUT2D eigenvalue weighted by atomic mass is 16.5. The summed E-state index contributed by atoms with van der Waals surface area (Å²) in [7, 11) is 0. The van der Waals surface area contributed by atoms with Crippen LogP contribution in [-0.4, -0.2) is 50.3 Å². The standard InChI is InChI=1S/2C13H18N2O2.H2O/c2*1-10(16)14-12-7-5-11(6-8-12)9-15(17)13(2,3)4;/h2*5-9H,1-4H3,(H,14,16);1H2. The van der Waals surface area contributed by atoms with Gasteiger partial charge in [-0.25, -0.2) is 9.48 Å². The molecule has 0 atom stereocenters. The lowest BCUT2D eigenvalue weighted by Gasteiger charge is -2.18. The van der Waals surface area contributed by atoms with E-state index < -0.39 is 11.1 Å². The third-order valence-corrected chi connectivity index (χ3v) is 4.32. The first kappa shape index (κ1) is 31.3. The van der Waals surface area contributed by atoms with E-state index in [2.05, 4.69) is 10.6 Å². The van der Waals surface area contributed by atoms with E-state index in [0.29, 0.717) is 0 Å². The summed E-state index contributed by atoms with van der Waals surface area (Å²) in [5.41, 5.74) is 2.17. The number of hydrogen-bond acceptors (Lipinski definition) is 4. The lowest BCUT2D eigenvalue weighted by molar-refractivity contribution is -0.530. The molecule has 0 spiro atoms. The normalized spacial score (nSPS) is 12.0. The zero-order valence-electron chi connectivity index (χ0n) is 21.8. The van der Waals surface area contributed by atoms with Crippen molar-refractivity contribution in [2.75, 3.05) is 10.6 Å². The van der Waals surface area contributed by atoms with E-state index in [9.17, 15) is 20.0 Å². The number of nitrogens with zero attached hydrogens (tertiary/aromatic N) is 2. The molecule has 4 N–H and O–H groups in total. The van der Waals surface area contributed by atoms with Gasteiger partial charge in [-0.15, -0.1) is 0 Å². The lowest BCUT2D eigenvalue weighted by atomic mass is 10.1. The molecule has 2 amide bonds. The van der Waals surface area contributed by atoms with E-state index in [1.165, 1.54) is 26.3 Å². The maximum atomic E-state index is 11.7. The van der Waals surface area contributed by atoms with Crippen LogP contribution in [0.3, 0.4) is 0 Å². The highest BCUT2D eigenvalue weighted by Crippen LogP contribution is 2.11. The Morgan fingerprint density at radius 3 is 1.11 bits per heavy atom. The molecule has 9 heteroatoms. The first-order valence-corrected chi connectivity index (χ1v) is 11.0. The van der Waals surface area contributed by atoms with Gasteiger partial charge >= 0.3 is 0 Å². The predicted octanol–water partition coefficient (Wildman–Crippen LogP) is 3.92. The van der Waals surface area contributed by atoms with Crippen molar-refractivity contribution >= 4 is 35.6 Å². The van der Waals surface area contributed by atoms with Gasteiger partial charge in [0.2, 0.25) is 11.8 Å². The molecule has 0 aliphatic carbocycles. The van der Waals surface area contributed by atoms with Gasteiger partial charge in [0.1, 0.15) is 0 Å². The van der Waals surface area contributed by atoms with Crippen LogP contribution < -0.4 is 10.6 Å². The van der Waals surface area contributed by atoms with Gasteiger partial charge in [0.05, 0.1) is 0 Å². The average molecular weight is 487 g/mol. The Labute approximate surface area is 207 Å². The summed E-state index contributed by atoms with van der Waals surface area (Å²) >= 11 is 0. The molecule has 2 aromatic rings. The first-order valence-electron chi connectivity index (χ1n) is 11.0. The van der Waals surface area contributed by atoms with E-state index in [1.54, 1.807) is 48.5 Å². The van der Waals surface area contributed by atoms with Crippen molar-refractivity contribution in [2.24, 2.45) is 0 Å². The van der Waals surface area contributed by atoms with Crippen LogP contribution in [0.15, 0.2) is 48.5 Å². The van der Waals surface area contributed by atoms with Gasteiger partial charge in [0.25, 0.3) is 0 Å². The predicted molar refractivity (Wildman–Crippen MR) is 142 cm³/mol. The topological polar surface area (TPSA) is 142 Å². The number of carbonyl (C=O) groups is 2. The minimum atomic E-state index is -0.448. The van der Waals surface area contributed by atoms with Gasteiger partial charge in [-0.3, -0.25) is 9.59 Å². The van der Waals surface area contributed by atoms with Crippen molar-refractivity contribution in [3.05, 3.63) is 70.1 Å². The van der Waals surface area contributed by atoms with Crippen molar-refractivity contribution in [1.29, 1.82) is 0 Å². The molecule has 0 bridgehead atoms. The zero-order chi connectivity index (χ0) is 26.1. The number of rotatable bonds is 4. The van der Waals surface area contributed by atoms with Crippen LogP contribution in [0.4, 0.5) is 11.4 Å². The smallest absolute Gasteiger partial charge is 0.221 e. The van der Waals surface area contributed by atoms with Crippen LogP contribution in [0.25, 0.3) is 0 Å². The second-order valence-corrected chi connectivity index (χ2v) is 9.86. The van der Waals surface area contributed by atoms with Crippen molar-refractivity contribution < 1.29 is 24.5 Å². The van der Waals surface area contributed by atoms with Gasteiger partial charge in [-0.2, -0.15) is 0 Å². The van der Waals surface area contributed by atoms with Crippen LogP contribution in [0.2, 0.25) is 0 Å². The molecule has 0 saturated carbocycles. The highest BCUT2D eigenvalue weighted by molar-refractivity contribution is 5.89. The monoisotopic (exact) mass is 486 g/mol. The number of carbonyl (C=O) groups excluding carboxylic acids is 2. The Kier molecular flexibility index (Phi) is 11.8. The van der Waals surface area contributed by atoms with E-state index >= 15 is 0 Å². The summed E-state index contributed by atoms with van der Waals surface area (Å²) < 4.78 is 1.83. The summed E-state index contributed by atoms with van der Waals surface area (Å²) in [5.74, 6) is -0.219. The molecule has 0 fully saturated rings. The number of nitrogens with one attached hydrogen (secondary N) is 2. The maximum Gasteiger partial charge on any atom is 0.221 e. The van der Waals surface area contributed by atoms with Crippen molar-refractivity contribution in [2.45, 2.75) is 66.5 Å². The minimum absolute atomic E-state index is 0. The fourth-order valence-corrected chi connectivity index (χ4v) is 2.37. The third kappa shape index (κ3) is 12.4. The Morgan fingerprint density at radius 1 is 0.657 bits per heavy atom. The molecule has 0 unspecified atom stereocenters. The number of benzene rings is 2. The van der Waals surface area contributed by atoms with Crippen molar-refractivity contribution in [1.82, 2.24) is 0 Å². The molecule has 0 aliphatic heterocycles. The Morgan fingerprint density at radius 2 is 0.914 bits per heavy atom. The minimum Gasteiger partial charge on any atom is -0.623 e. The van der Waals surface area contributed by atoms with Crippen LogP contribution in [0, 0.1) is 10.4 Å². The quantitative estimate of drug-likeness (QED) is 0.292. The average Bonchev–Trinajstić information content (AvgIpc) is 2.69. The fraction of sp³-hybridized carbons (Fsp3) is 0.385.